The van der Waals surface area contributed by atoms with Crippen molar-refractivity contribution in [1.82, 2.24) is 20.0 Å². The first kappa shape index (κ1) is 17.0. The molecule has 26 heavy (non-hydrogen) atoms. The number of aryl methyl sites for hydroxylation is 1. The van der Waals surface area contributed by atoms with Crippen LogP contribution in [0.15, 0.2) is 22.9 Å². The maximum absolute atomic E-state index is 13.2. The van der Waals surface area contributed by atoms with Crippen LogP contribution in [0.1, 0.15) is 47.5 Å². The van der Waals surface area contributed by atoms with E-state index in [1.807, 2.05) is 12.1 Å². The Kier molecular flexibility index (Phi) is 4.58. The first-order valence-corrected chi connectivity index (χ1v) is 9.00. The molecule has 0 spiro atoms. The molecule has 2 aromatic heterocycles. The summed E-state index contributed by atoms with van der Waals surface area (Å²) >= 11 is 0. The summed E-state index contributed by atoms with van der Waals surface area (Å²) in [5.41, 5.74) is 1.49. The number of aromatic nitrogens is 3. The SMILES string of the molecule is CO[C@H]1C[C@H](c2nc(C)no2)N(C(=O)c2cc(N3CCCC3)ccn2)C1. The number of likely N-dealkylation sites (tertiary alicyclic amines) is 1. The van der Waals surface area contributed by atoms with Crippen molar-refractivity contribution in [2.24, 2.45) is 0 Å². The topological polar surface area (TPSA) is 84.6 Å². The van der Waals surface area contributed by atoms with Gasteiger partial charge < -0.3 is 19.1 Å². The van der Waals surface area contributed by atoms with Crippen LogP contribution in [0.5, 0.6) is 0 Å². The number of methoxy groups -OCH3 is 1. The molecule has 2 fully saturated rings. The molecule has 0 saturated carbocycles. The molecule has 0 unspecified atom stereocenters. The van der Waals surface area contributed by atoms with Crippen molar-refractivity contribution in [2.45, 2.75) is 38.3 Å². The van der Waals surface area contributed by atoms with E-state index < -0.39 is 0 Å². The fourth-order valence-corrected chi connectivity index (χ4v) is 3.73. The number of amides is 1. The third-order valence-electron chi connectivity index (χ3n) is 5.12. The minimum absolute atomic E-state index is 0.0575. The number of hydrogen-bond acceptors (Lipinski definition) is 7. The number of ether oxygens (including phenoxy) is 1. The van der Waals surface area contributed by atoms with Crippen molar-refractivity contribution in [2.75, 3.05) is 31.6 Å². The zero-order chi connectivity index (χ0) is 18.1. The third-order valence-corrected chi connectivity index (χ3v) is 5.12. The third kappa shape index (κ3) is 3.16. The molecule has 4 heterocycles. The largest absolute Gasteiger partial charge is 0.380 e. The van der Waals surface area contributed by atoms with Gasteiger partial charge in [0.2, 0.25) is 5.89 Å². The van der Waals surface area contributed by atoms with Crippen molar-refractivity contribution in [1.29, 1.82) is 0 Å². The van der Waals surface area contributed by atoms with Crippen LogP contribution in [0.25, 0.3) is 0 Å². The highest BCUT2D eigenvalue weighted by atomic mass is 16.5. The molecule has 0 N–H and O–H groups in total. The van der Waals surface area contributed by atoms with Gasteiger partial charge >= 0.3 is 0 Å². The fraction of sp³-hybridized carbons (Fsp3) is 0.556. The van der Waals surface area contributed by atoms with E-state index in [0.29, 0.717) is 30.4 Å². The van der Waals surface area contributed by atoms with Crippen LogP contribution in [0.2, 0.25) is 0 Å². The second-order valence-corrected chi connectivity index (χ2v) is 6.84. The van der Waals surface area contributed by atoms with Crippen LogP contribution in [0.3, 0.4) is 0 Å². The first-order chi connectivity index (χ1) is 12.7. The number of pyridine rings is 1. The van der Waals surface area contributed by atoms with E-state index in [2.05, 4.69) is 20.0 Å². The maximum atomic E-state index is 13.2. The average molecular weight is 357 g/mol. The Morgan fingerprint density at radius 2 is 2.15 bits per heavy atom. The Labute approximate surface area is 152 Å². The molecule has 2 atom stereocenters. The number of carbonyl (C=O) groups is 1. The second kappa shape index (κ2) is 7.03. The smallest absolute Gasteiger partial charge is 0.273 e. The molecular formula is C18H23N5O3. The molecule has 138 valence electrons. The Bertz CT molecular complexity index is 787. The van der Waals surface area contributed by atoms with Crippen molar-refractivity contribution in [3.05, 3.63) is 35.7 Å². The molecular weight excluding hydrogens is 334 g/mol. The van der Waals surface area contributed by atoms with Crippen LogP contribution in [-0.4, -0.2) is 58.8 Å². The molecule has 2 aromatic rings. The quantitative estimate of drug-likeness (QED) is 0.827. The molecule has 2 aliphatic heterocycles. The van der Waals surface area contributed by atoms with Gasteiger partial charge in [0.1, 0.15) is 11.7 Å². The van der Waals surface area contributed by atoms with Crippen LogP contribution in [-0.2, 0) is 4.74 Å². The Hall–Kier alpha value is -2.48. The molecule has 1 amide bonds. The van der Waals surface area contributed by atoms with Crippen LogP contribution >= 0.6 is 0 Å². The summed E-state index contributed by atoms with van der Waals surface area (Å²) in [7, 11) is 1.65. The van der Waals surface area contributed by atoms with E-state index in [9.17, 15) is 4.79 Å². The lowest BCUT2D eigenvalue weighted by atomic mass is 10.2. The standard InChI is InChI=1S/C18H23N5O3/c1-12-20-17(26-21-12)16-10-14(25-2)11-23(16)18(24)15-9-13(5-6-19-15)22-7-3-4-8-22/h5-6,9,14,16H,3-4,7-8,10-11H2,1-2H3/t14-,16+/m0/s1. The molecule has 4 rings (SSSR count). The van der Waals surface area contributed by atoms with Crippen molar-refractivity contribution >= 4 is 11.6 Å². The zero-order valence-corrected chi connectivity index (χ0v) is 15.1. The summed E-state index contributed by atoms with van der Waals surface area (Å²) in [6, 6.07) is 3.55. The van der Waals surface area contributed by atoms with Gasteiger partial charge in [-0.25, -0.2) is 0 Å². The van der Waals surface area contributed by atoms with E-state index in [1.165, 1.54) is 12.8 Å². The van der Waals surface area contributed by atoms with Crippen molar-refractivity contribution in [3.8, 4) is 0 Å². The maximum Gasteiger partial charge on any atom is 0.273 e. The van der Waals surface area contributed by atoms with Crippen molar-refractivity contribution in [3.63, 3.8) is 0 Å². The number of anilines is 1. The van der Waals surface area contributed by atoms with Crippen LogP contribution < -0.4 is 4.90 Å². The van der Waals surface area contributed by atoms with Crippen LogP contribution in [0, 0.1) is 6.92 Å². The van der Waals surface area contributed by atoms with Gasteiger partial charge in [-0.05, 0) is 31.9 Å². The lowest BCUT2D eigenvalue weighted by Gasteiger charge is -2.22. The monoisotopic (exact) mass is 357 g/mol. The van der Waals surface area contributed by atoms with Crippen molar-refractivity contribution < 1.29 is 14.1 Å². The number of hydrogen-bond donors (Lipinski definition) is 0. The molecule has 2 saturated heterocycles. The molecule has 2 aliphatic rings. The van der Waals surface area contributed by atoms with E-state index >= 15 is 0 Å². The molecule has 0 bridgehead atoms. The van der Waals surface area contributed by atoms with Gasteiger partial charge in [-0.2, -0.15) is 4.98 Å². The van der Waals surface area contributed by atoms with Gasteiger partial charge in [-0.1, -0.05) is 5.16 Å². The molecule has 0 aromatic carbocycles. The minimum atomic E-state index is -0.286. The van der Waals surface area contributed by atoms with Gasteiger partial charge in [0.25, 0.3) is 5.91 Å². The molecule has 0 radical (unpaired) electrons. The lowest BCUT2D eigenvalue weighted by molar-refractivity contribution is 0.0665. The highest BCUT2D eigenvalue weighted by molar-refractivity contribution is 5.93. The highest BCUT2D eigenvalue weighted by Crippen LogP contribution is 2.34. The summed E-state index contributed by atoms with van der Waals surface area (Å²) < 4.78 is 10.8. The Balaban J connectivity index is 1.60. The predicted molar refractivity (Wildman–Crippen MR) is 93.9 cm³/mol. The number of nitrogens with zero attached hydrogens (tertiary/aromatic N) is 5. The second-order valence-electron chi connectivity index (χ2n) is 6.84. The lowest BCUT2D eigenvalue weighted by Crippen LogP contribution is -2.33. The van der Waals surface area contributed by atoms with E-state index in [4.69, 9.17) is 9.26 Å². The molecule has 0 aliphatic carbocycles. The summed E-state index contributed by atoms with van der Waals surface area (Å²) in [5.74, 6) is 0.875. The van der Waals surface area contributed by atoms with Gasteiger partial charge in [0.05, 0.1) is 6.10 Å². The predicted octanol–water partition coefficient (Wildman–Crippen LogP) is 1.98. The van der Waals surface area contributed by atoms with E-state index in [1.54, 1.807) is 25.1 Å². The average Bonchev–Trinajstić information content (AvgIpc) is 3.41. The van der Waals surface area contributed by atoms with Gasteiger partial charge in [0, 0.05) is 45.0 Å². The zero-order valence-electron chi connectivity index (χ0n) is 15.1. The number of carbonyl (C=O) groups excluding carboxylic acids is 1. The summed E-state index contributed by atoms with van der Waals surface area (Å²) in [5, 5.41) is 3.86. The molecule has 8 nitrogen and oxygen atoms in total. The summed E-state index contributed by atoms with van der Waals surface area (Å²) in [4.78, 5) is 25.8. The van der Waals surface area contributed by atoms with Gasteiger partial charge in [-0.3, -0.25) is 9.78 Å². The van der Waals surface area contributed by atoms with Crippen LogP contribution in [0.4, 0.5) is 5.69 Å². The number of rotatable bonds is 4. The molecule has 8 heteroatoms. The van der Waals surface area contributed by atoms with Gasteiger partial charge in [0.15, 0.2) is 5.82 Å². The minimum Gasteiger partial charge on any atom is -0.380 e. The summed E-state index contributed by atoms with van der Waals surface area (Å²) in [6.07, 6.45) is 4.65. The Morgan fingerprint density at radius 3 is 2.85 bits per heavy atom. The summed E-state index contributed by atoms with van der Waals surface area (Å²) in [6.45, 7) is 4.30. The Morgan fingerprint density at radius 1 is 1.35 bits per heavy atom. The highest BCUT2D eigenvalue weighted by Gasteiger charge is 2.40. The van der Waals surface area contributed by atoms with E-state index in [0.717, 1.165) is 18.8 Å². The van der Waals surface area contributed by atoms with E-state index in [-0.39, 0.29) is 18.1 Å². The normalized spacial score (nSPS) is 23.0. The fourth-order valence-electron chi connectivity index (χ4n) is 3.73. The first-order valence-electron chi connectivity index (χ1n) is 9.00. The van der Waals surface area contributed by atoms with Gasteiger partial charge in [-0.15, -0.1) is 0 Å².